The Bertz CT molecular complexity index is 87.9. The quantitative estimate of drug-likeness (QED) is 0.357. The SMILES string of the molecule is NC[C@H](CS)NC[C@@H](N)CS. The highest BCUT2D eigenvalue weighted by atomic mass is 32.1. The molecule has 0 fully saturated rings. The molecule has 0 aliphatic heterocycles. The molecule has 0 aliphatic rings. The first-order valence-electron chi connectivity index (χ1n) is 3.65. The van der Waals surface area contributed by atoms with Gasteiger partial charge in [0.15, 0.2) is 0 Å². The zero-order valence-corrected chi connectivity index (χ0v) is 8.32. The van der Waals surface area contributed by atoms with E-state index < -0.39 is 0 Å². The van der Waals surface area contributed by atoms with Gasteiger partial charge in [-0.15, -0.1) is 0 Å². The predicted octanol–water partition coefficient (Wildman–Crippen LogP) is -0.910. The Balaban J connectivity index is 3.34. The van der Waals surface area contributed by atoms with Crippen LogP contribution in [-0.2, 0) is 0 Å². The van der Waals surface area contributed by atoms with Crippen LogP contribution in [-0.4, -0.2) is 36.7 Å². The molecule has 2 atom stereocenters. The number of rotatable bonds is 6. The molecule has 0 aromatic carbocycles. The van der Waals surface area contributed by atoms with E-state index in [2.05, 4.69) is 30.6 Å². The van der Waals surface area contributed by atoms with E-state index in [-0.39, 0.29) is 12.1 Å². The Hall–Kier alpha value is 0.580. The molecule has 0 unspecified atom stereocenters. The summed E-state index contributed by atoms with van der Waals surface area (Å²) in [5, 5.41) is 3.19. The van der Waals surface area contributed by atoms with Crippen LogP contribution in [0.25, 0.3) is 0 Å². The average molecular weight is 195 g/mol. The third-order valence-electron chi connectivity index (χ3n) is 1.41. The van der Waals surface area contributed by atoms with Gasteiger partial charge in [0.05, 0.1) is 0 Å². The van der Waals surface area contributed by atoms with Crippen molar-refractivity contribution in [2.24, 2.45) is 11.5 Å². The molecule has 0 amide bonds. The molecule has 68 valence electrons. The summed E-state index contributed by atoms with van der Waals surface area (Å²) in [7, 11) is 0. The second-order valence-corrected chi connectivity index (χ2v) is 3.20. The van der Waals surface area contributed by atoms with Crippen LogP contribution in [0, 0.1) is 0 Å². The van der Waals surface area contributed by atoms with E-state index in [1.807, 2.05) is 0 Å². The Labute approximate surface area is 79.1 Å². The van der Waals surface area contributed by atoms with Crippen LogP contribution in [0.3, 0.4) is 0 Å². The highest BCUT2D eigenvalue weighted by Crippen LogP contribution is 1.86. The maximum Gasteiger partial charge on any atom is 0.0278 e. The maximum absolute atomic E-state index is 5.63. The van der Waals surface area contributed by atoms with E-state index in [0.717, 1.165) is 12.3 Å². The number of hydrogen-bond donors (Lipinski definition) is 5. The van der Waals surface area contributed by atoms with Gasteiger partial charge in [-0.1, -0.05) is 0 Å². The first kappa shape index (κ1) is 11.6. The van der Waals surface area contributed by atoms with E-state index >= 15 is 0 Å². The lowest BCUT2D eigenvalue weighted by atomic mass is 10.3. The molecule has 0 aromatic heterocycles. The predicted molar refractivity (Wildman–Crippen MR) is 56.5 cm³/mol. The molecule has 0 heterocycles. The summed E-state index contributed by atoms with van der Waals surface area (Å²) >= 11 is 8.19. The smallest absolute Gasteiger partial charge is 0.0278 e. The topological polar surface area (TPSA) is 64.1 Å². The molecule has 0 aliphatic carbocycles. The fourth-order valence-electron chi connectivity index (χ4n) is 0.605. The molecule has 5 heteroatoms. The monoisotopic (exact) mass is 195 g/mol. The summed E-state index contributed by atoms with van der Waals surface area (Å²) in [6, 6.07) is 0.372. The van der Waals surface area contributed by atoms with Gasteiger partial charge >= 0.3 is 0 Å². The van der Waals surface area contributed by atoms with Gasteiger partial charge in [0.25, 0.3) is 0 Å². The van der Waals surface area contributed by atoms with Crippen LogP contribution in [0.4, 0.5) is 0 Å². The number of nitrogens with one attached hydrogen (secondary N) is 1. The minimum atomic E-state index is 0.104. The van der Waals surface area contributed by atoms with Crippen LogP contribution < -0.4 is 16.8 Å². The van der Waals surface area contributed by atoms with Gasteiger partial charge in [-0.2, -0.15) is 25.3 Å². The lowest BCUT2D eigenvalue weighted by Gasteiger charge is -2.16. The number of nitrogens with two attached hydrogens (primary N) is 2. The van der Waals surface area contributed by atoms with Crippen molar-refractivity contribution < 1.29 is 0 Å². The second kappa shape index (κ2) is 7.24. The largest absolute Gasteiger partial charge is 0.329 e. The Kier molecular flexibility index (Phi) is 7.62. The summed E-state index contributed by atoms with van der Waals surface area (Å²) in [6.45, 7) is 1.36. The molecular weight excluding hydrogens is 178 g/mol. The fraction of sp³-hybridized carbons (Fsp3) is 1.00. The molecule has 0 spiro atoms. The average Bonchev–Trinajstić information content (AvgIpc) is 2.06. The number of hydrogen-bond acceptors (Lipinski definition) is 5. The number of thiol groups is 2. The van der Waals surface area contributed by atoms with E-state index in [1.54, 1.807) is 0 Å². The molecule has 11 heavy (non-hydrogen) atoms. The van der Waals surface area contributed by atoms with Crippen molar-refractivity contribution in [1.29, 1.82) is 0 Å². The molecule has 0 aromatic rings. The first-order chi connectivity index (χ1) is 5.24. The van der Waals surface area contributed by atoms with Crippen LogP contribution in [0.2, 0.25) is 0 Å². The van der Waals surface area contributed by atoms with Gasteiger partial charge in [-0.3, -0.25) is 0 Å². The Morgan fingerprint density at radius 1 is 1.27 bits per heavy atom. The van der Waals surface area contributed by atoms with E-state index in [0.29, 0.717) is 12.3 Å². The van der Waals surface area contributed by atoms with Gasteiger partial charge in [0.1, 0.15) is 0 Å². The highest BCUT2D eigenvalue weighted by Gasteiger charge is 2.04. The summed E-state index contributed by atoms with van der Waals surface area (Å²) in [5.74, 6) is 1.44. The summed E-state index contributed by atoms with van der Waals surface area (Å²) in [4.78, 5) is 0. The van der Waals surface area contributed by atoms with Crippen molar-refractivity contribution in [3.8, 4) is 0 Å². The third-order valence-corrected chi connectivity index (χ3v) is 2.32. The maximum atomic E-state index is 5.63. The molecule has 0 rings (SSSR count). The van der Waals surface area contributed by atoms with E-state index in [4.69, 9.17) is 11.5 Å². The molecule has 0 bridgehead atoms. The Morgan fingerprint density at radius 3 is 2.27 bits per heavy atom. The van der Waals surface area contributed by atoms with Crippen LogP contribution in [0.1, 0.15) is 0 Å². The normalized spacial score (nSPS) is 16.4. The van der Waals surface area contributed by atoms with Gasteiger partial charge in [-0.25, -0.2) is 0 Å². The van der Waals surface area contributed by atoms with Crippen molar-refractivity contribution in [3.05, 3.63) is 0 Å². The molecular formula is C6H17N3S2. The molecule has 5 N–H and O–H groups in total. The zero-order valence-electron chi connectivity index (χ0n) is 6.53. The highest BCUT2D eigenvalue weighted by molar-refractivity contribution is 7.80. The Morgan fingerprint density at radius 2 is 1.91 bits per heavy atom. The summed E-state index contributed by atoms with van der Waals surface area (Å²) in [6.07, 6.45) is 0. The zero-order chi connectivity index (χ0) is 8.69. The summed E-state index contributed by atoms with van der Waals surface area (Å²) in [5.41, 5.74) is 11.1. The first-order valence-corrected chi connectivity index (χ1v) is 4.91. The van der Waals surface area contributed by atoms with Gasteiger partial charge in [0.2, 0.25) is 0 Å². The third kappa shape index (κ3) is 5.81. The molecule has 3 nitrogen and oxygen atoms in total. The lowest BCUT2D eigenvalue weighted by Crippen LogP contribution is -2.44. The molecule has 0 radical (unpaired) electrons. The minimum absolute atomic E-state index is 0.104. The van der Waals surface area contributed by atoms with Gasteiger partial charge in [-0.05, 0) is 0 Å². The summed E-state index contributed by atoms with van der Waals surface area (Å²) < 4.78 is 0. The van der Waals surface area contributed by atoms with Crippen molar-refractivity contribution in [2.45, 2.75) is 12.1 Å². The van der Waals surface area contributed by atoms with Crippen LogP contribution in [0.5, 0.6) is 0 Å². The standard InChI is InChI=1S/C6H17N3S2/c7-1-6(4-11)9-2-5(8)3-10/h5-6,9-11H,1-4,7-8H2/t5-,6-/m1/s1. The van der Waals surface area contributed by atoms with Crippen molar-refractivity contribution in [2.75, 3.05) is 24.6 Å². The van der Waals surface area contributed by atoms with Crippen molar-refractivity contribution >= 4 is 25.3 Å². The van der Waals surface area contributed by atoms with Crippen molar-refractivity contribution in [1.82, 2.24) is 5.32 Å². The van der Waals surface area contributed by atoms with Gasteiger partial charge in [0, 0.05) is 36.7 Å². The van der Waals surface area contributed by atoms with E-state index in [9.17, 15) is 0 Å². The van der Waals surface area contributed by atoms with E-state index in [1.165, 1.54) is 0 Å². The lowest BCUT2D eigenvalue weighted by molar-refractivity contribution is 0.532. The van der Waals surface area contributed by atoms with Crippen molar-refractivity contribution in [3.63, 3.8) is 0 Å². The van der Waals surface area contributed by atoms with Crippen LogP contribution >= 0.6 is 25.3 Å². The second-order valence-electron chi connectivity index (χ2n) is 2.47. The minimum Gasteiger partial charge on any atom is -0.329 e. The van der Waals surface area contributed by atoms with Crippen LogP contribution in [0.15, 0.2) is 0 Å². The molecule has 0 saturated heterocycles. The fourth-order valence-corrected chi connectivity index (χ4v) is 1.01. The molecule has 0 saturated carbocycles. The van der Waals surface area contributed by atoms with Gasteiger partial charge < -0.3 is 16.8 Å².